The van der Waals surface area contributed by atoms with Crippen LogP contribution in [0.25, 0.3) is 0 Å². The fourth-order valence-corrected chi connectivity index (χ4v) is 1.70. The second-order valence-corrected chi connectivity index (χ2v) is 3.26. The minimum absolute atomic E-state index is 0.133. The van der Waals surface area contributed by atoms with Gasteiger partial charge in [0.25, 0.3) is 0 Å². The minimum atomic E-state index is -0.338. The second-order valence-electron chi connectivity index (χ2n) is 3.26. The van der Waals surface area contributed by atoms with Gasteiger partial charge in [-0.05, 0) is 19.8 Å². The van der Waals surface area contributed by atoms with Crippen molar-refractivity contribution in [2.75, 3.05) is 0 Å². The Balaban J connectivity index is 2.40. The number of hydrogen-bond acceptors (Lipinski definition) is 2. The molecule has 3 atom stereocenters. The van der Waals surface area contributed by atoms with Crippen LogP contribution in [0.4, 0.5) is 0 Å². The molecule has 2 N–H and O–H groups in total. The zero-order chi connectivity index (χ0) is 7.56. The molecular weight excluding hydrogens is 128 g/mol. The van der Waals surface area contributed by atoms with Gasteiger partial charge in [-0.2, -0.15) is 0 Å². The molecule has 0 unspecified atom stereocenters. The second kappa shape index (κ2) is 3.35. The zero-order valence-electron chi connectivity index (χ0n) is 6.45. The summed E-state index contributed by atoms with van der Waals surface area (Å²) >= 11 is 0. The molecule has 0 bridgehead atoms. The van der Waals surface area contributed by atoms with Gasteiger partial charge in [-0.15, -0.1) is 0 Å². The predicted octanol–water partition coefficient (Wildman–Crippen LogP) is 0.918. The molecule has 0 aliphatic heterocycles. The van der Waals surface area contributed by atoms with Crippen LogP contribution < -0.4 is 0 Å². The molecule has 60 valence electrons. The average Bonchev–Trinajstić information content (AvgIpc) is 1.88. The third-order valence-electron chi connectivity index (χ3n) is 2.40. The Morgan fingerprint density at radius 3 is 2.30 bits per heavy atom. The van der Waals surface area contributed by atoms with Crippen molar-refractivity contribution in [1.82, 2.24) is 0 Å². The quantitative estimate of drug-likeness (QED) is 0.574. The van der Waals surface area contributed by atoms with Crippen LogP contribution in [0.3, 0.4) is 0 Å². The lowest BCUT2D eigenvalue weighted by Crippen LogP contribution is -2.32. The molecule has 0 spiro atoms. The largest absolute Gasteiger partial charge is 0.393 e. The molecule has 0 heterocycles. The van der Waals surface area contributed by atoms with Crippen LogP contribution in [0, 0.1) is 5.92 Å². The summed E-state index contributed by atoms with van der Waals surface area (Å²) < 4.78 is 0. The highest BCUT2D eigenvalue weighted by Crippen LogP contribution is 2.26. The van der Waals surface area contributed by atoms with Gasteiger partial charge in [0, 0.05) is 5.92 Å². The maximum Gasteiger partial charge on any atom is 0.0593 e. The molecule has 0 aromatic heterocycles. The molecule has 1 saturated carbocycles. The highest BCUT2D eigenvalue weighted by Gasteiger charge is 2.26. The highest BCUT2D eigenvalue weighted by atomic mass is 16.3. The molecule has 1 rings (SSSR count). The Morgan fingerprint density at radius 1 is 1.30 bits per heavy atom. The summed E-state index contributed by atoms with van der Waals surface area (Å²) in [5.74, 6) is 0.133. The van der Waals surface area contributed by atoms with E-state index < -0.39 is 0 Å². The van der Waals surface area contributed by atoms with E-state index in [4.69, 9.17) is 0 Å². The Labute approximate surface area is 61.9 Å². The van der Waals surface area contributed by atoms with Crippen LogP contribution in [0.1, 0.15) is 32.6 Å². The lowest BCUT2D eigenvalue weighted by molar-refractivity contribution is -0.00384. The third kappa shape index (κ3) is 1.70. The highest BCUT2D eigenvalue weighted by molar-refractivity contribution is 4.77. The lowest BCUT2D eigenvalue weighted by atomic mass is 9.83. The molecule has 1 aliphatic carbocycles. The summed E-state index contributed by atoms with van der Waals surface area (Å²) in [4.78, 5) is 0. The van der Waals surface area contributed by atoms with Crippen LogP contribution in [0.15, 0.2) is 0 Å². The summed E-state index contributed by atoms with van der Waals surface area (Å²) in [6.45, 7) is 1.76. The van der Waals surface area contributed by atoms with Crippen molar-refractivity contribution in [3.8, 4) is 0 Å². The molecule has 0 amide bonds. The minimum Gasteiger partial charge on any atom is -0.393 e. The predicted molar refractivity (Wildman–Crippen MR) is 39.6 cm³/mol. The van der Waals surface area contributed by atoms with Gasteiger partial charge in [0.2, 0.25) is 0 Å². The molecule has 0 aromatic carbocycles. The molecule has 2 heteroatoms. The van der Waals surface area contributed by atoms with Gasteiger partial charge in [-0.3, -0.25) is 0 Å². The maximum atomic E-state index is 9.38. The van der Waals surface area contributed by atoms with E-state index in [2.05, 4.69) is 0 Å². The van der Waals surface area contributed by atoms with Crippen molar-refractivity contribution >= 4 is 0 Å². The number of hydrogen-bond donors (Lipinski definition) is 2. The van der Waals surface area contributed by atoms with E-state index >= 15 is 0 Å². The monoisotopic (exact) mass is 144 g/mol. The number of aliphatic hydroxyl groups excluding tert-OH is 2. The van der Waals surface area contributed by atoms with Crippen molar-refractivity contribution < 1.29 is 10.2 Å². The Kier molecular flexibility index (Phi) is 2.69. The molecule has 10 heavy (non-hydrogen) atoms. The van der Waals surface area contributed by atoms with E-state index in [1.165, 1.54) is 0 Å². The van der Waals surface area contributed by atoms with Crippen molar-refractivity contribution in [1.29, 1.82) is 0 Å². The van der Waals surface area contributed by atoms with Crippen molar-refractivity contribution in [3.05, 3.63) is 0 Å². The SMILES string of the molecule is C[C@H](O)[C@@H]1CCCC[C@H]1O. The molecule has 1 aliphatic rings. The van der Waals surface area contributed by atoms with Crippen molar-refractivity contribution in [2.24, 2.45) is 5.92 Å². The fourth-order valence-electron chi connectivity index (χ4n) is 1.70. The van der Waals surface area contributed by atoms with Crippen LogP contribution in [0.2, 0.25) is 0 Å². The van der Waals surface area contributed by atoms with Gasteiger partial charge in [-0.25, -0.2) is 0 Å². The molecule has 0 aromatic rings. The maximum absolute atomic E-state index is 9.38. The van der Waals surface area contributed by atoms with Gasteiger partial charge < -0.3 is 10.2 Å². The summed E-state index contributed by atoms with van der Waals surface area (Å²) in [7, 11) is 0. The van der Waals surface area contributed by atoms with Crippen LogP contribution in [-0.4, -0.2) is 22.4 Å². The molecular formula is C8H16O2. The van der Waals surface area contributed by atoms with E-state index in [1.54, 1.807) is 6.92 Å². The first-order chi connectivity index (χ1) is 4.72. The van der Waals surface area contributed by atoms with Crippen LogP contribution in [0.5, 0.6) is 0 Å². The van der Waals surface area contributed by atoms with E-state index in [1.807, 2.05) is 0 Å². The van der Waals surface area contributed by atoms with Gasteiger partial charge in [0.1, 0.15) is 0 Å². The third-order valence-corrected chi connectivity index (χ3v) is 2.40. The van der Waals surface area contributed by atoms with Crippen LogP contribution in [-0.2, 0) is 0 Å². The first-order valence-electron chi connectivity index (χ1n) is 4.08. The topological polar surface area (TPSA) is 40.5 Å². The first kappa shape index (κ1) is 8.02. The van der Waals surface area contributed by atoms with Gasteiger partial charge in [0.05, 0.1) is 12.2 Å². The Hall–Kier alpha value is -0.0800. The van der Waals surface area contributed by atoms with Gasteiger partial charge in [0.15, 0.2) is 0 Å². The Morgan fingerprint density at radius 2 is 1.90 bits per heavy atom. The van der Waals surface area contributed by atoms with E-state index in [0.717, 1.165) is 25.7 Å². The summed E-state index contributed by atoms with van der Waals surface area (Å²) in [6.07, 6.45) is 3.54. The van der Waals surface area contributed by atoms with Gasteiger partial charge >= 0.3 is 0 Å². The standard InChI is InChI=1S/C8H16O2/c1-6(9)7-4-2-3-5-8(7)10/h6-10H,2-5H2,1H3/t6-,7-,8+/m0/s1. The molecule has 0 saturated heterocycles. The van der Waals surface area contributed by atoms with E-state index in [0.29, 0.717) is 0 Å². The number of aliphatic hydroxyl groups is 2. The molecule has 1 fully saturated rings. The van der Waals surface area contributed by atoms with E-state index in [-0.39, 0.29) is 18.1 Å². The first-order valence-corrected chi connectivity index (χ1v) is 4.08. The summed E-state index contributed by atoms with van der Waals surface area (Å²) in [6, 6.07) is 0. The summed E-state index contributed by atoms with van der Waals surface area (Å²) in [5, 5.41) is 18.6. The van der Waals surface area contributed by atoms with Crippen molar-refractivity contribution in [2.45, 2.75) is 44.8 Å². The summed E-state index contributed by atoms with van der Waals surface area (Å²) in [5.41, 5.74) is 0. The number of rotatable bonds is 1. The molecule has 2 nitrogen and oxygen atoms in total. The van der Waals surface area contributed by atoms with Gasteiger partial charge in [-0.1, -0.05) is 12.8 Å². The van der Waals surface area contributed by atoms with Crippen molar-refractivity contribution in [3.63, 3.8) is 0 Å². The van der Waals surface area contributed by atoms with E-state index in [9.17, 15) is 10.2 Å². The fraction of sp³-hybridized carbons (Fsp3) is 1.00. The smallest absolute Gasteiger partial charge is 0.0593 e. The zero-order valence-corrected chi connectivity index (χ0v) is 6.45. The normalized spacial score (nSPS) is 37.5. The Bertz CT molecular complexity index is 101. The van der Waals surface area contributed by atoms with Crippen LogP contribution >= 0.6 is 0 Å². The molecule has 0 radical (unpaired) electrons. The lowest BCUT2D eigenvalue weighted by Gasteiger charge is -2.29. The average molecular weight is 144 g/mol.